The Morgan fingerprint density at radius 1 is 1.36 bits per heavy atom. The van der Waals surface area contributed by atoms with Gasteiger partial charge in [-0.15, -0.1) is 0 Å². The highest BCUT2D eigenvalue weighted by atomic mass is 14.7. The number of hydrogen-bond donors (Lipinski definition) is 1. The van der Waals surface area contributed by atoms with Crippen molar-refractivity contribution in [2.24, 2.45) is 10.7 Å². The van der Waals surface area contributed by atoms with Crippen molar-refractivity contribution in [2.75, 3.05) is 6.54 Å². The third kappa shape index (κ3) is 6.84. The molecule has 0 atom stereocenters. The van der Waals surface area contributed by atoms with E-state index in [4.69, 9.17) is 5.73 Å². The topological polar surface area (TPSA) is 38.4 Å². The van der Waals surface area contributed by atoms with E-state index in [9.17, 15) is 0 Å². The van der Waals surface area contributed by atoms with E-state index in [0.29, 0.717) is 0 Å². The fourth-order valence-electron chi connectivity index (χ4n) is 0.475. The van der Waals surface area contributed by atoms with Crippen molar-refractivity contribution in [2.45, 2.75) is 20.8 Å². The molecule has 0 rings (SSSR count). The molecule has 0 aromatic heterocycles. The van der Waals surface area contributed by atoms with E-state index in [0.717, 1.165) is 12.1 Å². The molecule has 11 heavy (non-hydrogen) atoms. The van der Waals surface area contributed by atoms with Crippen molar-refractivity contribution < 1.29 is 0 Å². The smallest absolute Gasteiger partial charge is 0.0572 e. The first-order chi connectivity index (χ1) is 5.16. The third-order valence-electron chi connectivity index (χ3n) is 1.16. The minimum atomic E-state index is 0.744. The van der Waals surface area contributed by atoms with Crippen LogP contribution in [-0.2, 0) is 0 Å². The number of allylic oxidation sites excluding steroid dienone is 2. The fraction of sp³-hybridized carbons (Fsp3) is 0.444. The molecule has 0 radical (unpaired) electrons. The summed E-state index contributed by atoms with van der Waals surface area (Å²) < 4.78 is 0. The summed E-state index contributed by atoms with van der Waals surface area (Å²) in [6.45, 7) is 6.78. The first-order valence-electron chi connectivity index (χ1n) is 3.68. The highest BCUT2D eigenvalue weighted by Gasteiger charge is 1.78. The number of aliphatic imine (C=N–C) groups is 1. The van der Waals surface area contributed by atoms with E-state index in [1.807, 2.05) is 6.92 Å². The van der Waals surface area contributed by atoms with Crippen molar-refractivity contribution in [1.29, 1.82) is 0 Å². The van der Waals surface area contributed by atoms with Crippen LogP contribution in [-0.4, -0.2) is 12.8 Å². The lowest BCUT2D eigenvalue weighted by molar-refractivity contribution is 1.20. The maximum Gasteiger partial charge on any atom is 0.0572 e. The number of nitrogens with zero attached hydrogens (tertiary/aromatic N) is 1. The van der Waals surface area contributed by atoms with Crippen LogP contribution in [0.15, 0.2) is 28.4 Å². The summed E-state index contributed by atoms with van der Waals surface area (Å²) in [5.41, 5.74) is 7.53. The molecule has 2 nitrogen and oxygen atoms in total. The van der Waals surface area contributed by atoms with Crippen LogP contribution in [0.1, 0.15) is 20.8 Å². The number of nitrogens with two attached hydrogens (primary N) is 1. The summed E-state index contributed by atoms with van der Waals surface area (Å²) in [7, 11) is 0. The molecule has 0 bridgehead atoms. The van der Waals surface area contributed by atoms with E-state index in [2.05, 4.69) is 24.9 Å². The molecule has 0 amide bonds. The van der Waals surface area contributed by atoms with E-state index in [1.54, 1.807) is 12.4 Å². The fourth-order valence-corrected chi connectivity index (χ4v) is 0.475. The summed E-state index contributed by atoms with van der Waals surface area (Å²) in [5.74, 6) is 0. The van der Waals surface area contributed by atoms with Gasteiger partial charge >= 0.3 is 0 Å². The van der Waals surface area contributed by atoms with Gasteiger partial charge in [0.1, 0.15) is 0 Å². The average molecular weight is 152 g/mol. The molecule has 0 aliphatic carbocycles. The monoisotopic (exact) mass is 152 g/mol. The van der Waals surface area contributed by atoms with Gasteiger partial charge in [0, 0.05) is 6.21 Å². The van der Waals surface area contributed by atoms with Gasteiger partial charge in [-0.2, -0.15) is 0 Å². The van der Waals surface area contributed by atoms with Gasteiger partial charge in [-0.1, -0.05) is 11.6 Å². The molecule has 0 aliphatic rings. The molecule has 0 fully saturated rings. The molecule has 0 spiro atoms. The van der Waals surface area contributed by atoms with Crippen molar-refractivity contribution in [3.63, 3.8) is 0 Å². The Labute approximate surface area is 68.5 Å². The zero-order valence-corrected chi connectivity index (χ0v) is 7.46. The summed E-state index contributed by atoms with van der Waals surface area (Å²) in [6, 6.07) is 0. The van der Waals surface area contributed by atoms with Crippen molar-refractivity contribution in [3.8, 4) is 0 Å². The molecule has 0 unspecified atom stereocenters. The molecule has 0 aromatic carbocycles. The van der Waals surface area contributed by atoms with Gasteiger partial charge < -0.3 is 5.73 Å². The van der Waals surface area contributed by atoms with Crippen LogP contribution >= 0.6 is 0 Å². The second-order valence-electron chi connectivity index (χ2n) is 2.69. The Morgan fingerprint density at radius 3 is 2.45 bits per heavy atom. The van der Waals surface area contributed by atoms with Crippen LogP contribution in [0, 0.1) is 0 Å². The zero-order valence-electron chi connectivity index (χ0n) is 7.46. The van der Waals surface area contributed by atoms with Gasteiger partial charge in [0.2, 0.25) is 0 Å². The maximum absolute atomic E-state index is 5.25. The average Bonchev–Trinajstić information content (AvgIpc) is 1.97. The van der Waals surface area contributed by atoms with E-state index in [1.165, 1.54) is 5.57 Å². The standard InChI is InChI=1S/C9H16N2/c1-8(2)4-5-11-7-9(3)6-10/h4,6-7H,5,10H2,1-3H3/b9-6-,11-7?. The molecule has 0 saturated carbocycles. The quantitative estimate of drug-likeness (QED) is 0.486. The predicted octanol–water partition coefficient (Wildman–Crippen LogP) is 1.89. The molecule has 2 heteroatoms. The van der Waals surface area contributed by atoms with Crippen LogP contribution in [0.4, 0.5) is 0 Å². The number of hydrogen-bond acceptors (Lipinski definition) is 2. The first-order valence-corrected chi connectivity index (χ1v) is 3.68. The van der Waals surface area contributed by atoms with Crippen molar-refractivity contribution in [1.82, 2.24) is 0 Å². The van der Waals surface area contributed by atoms with Gasteiger partial charge in [0.15, 0.2) is 0 Å². The lowest BCUT2D eigenvalue weighted by Crippen LogP contribution is -1.86. The van der Waals surface area contributed by atoms with E-state index in [-0.39, 0.29) is 0 Å². The van der Waals surface area contributed by atoms with E-state index < -0.39 is 0 Å². The van der Waals surface area contributed by atoms with Gasteiger partial charge in [-0.3, -0.25) is 4.99 Å². The van der Waals surface area contributed by atoms with Crippen LogP contribution in [0.25, 0.3) is 0 Å². The van der Waals surface area contributed by atoms with Crippen molar-refractivity contribution >= 4 is 6.21 Å². The normalized spacial score (nSPS) is 12.1. The molecule has 2 N–H and O–H groups in total. The molecule has 62 valence electrons. The first kappa shape index (κ1) is 9.95. The van der Waals surface area contributed by atoms with Crippen LogP contribution in [0.5, 0.6) is 0 Å². The molecule has 0 saturated heterocycles. The zero-order chi connectivity index (χ0) is 8.69. The Morgan fingerprint density at radius 2 is 2.00 bits per heavy atom. The van der Waals surface area contributed by atoms with Crippen molar-refractivity contribution in [3.05, 3.63) is 23.4 Å². The molecule has 0 aliphatic heterocycles. The minimum Gasteiger partial charge on any atom is -0.404 e. The predicted molar refractivity (Wildman–Crippen MR) is 50.7 cm³/mol. The van der Waals surface area contributed by atoms with Crippen LogP contribution in [0.3, 0.4) is 0 Å². The third-order valence-corrected chi connectivity index (χ3v) is 1.16. The molecular formula is C9H16N2. The van der Waals surface area contributed by atoms with Gasteiger partial charge in [-0.25, -0.2) is 0 Å². The second-order valence-corrected chi connectivity index (χ2v) is 2.69. The lowest BCUT2D eigenvalue weighted by atomic mass is 10.3. The van der Waals surface area contributed by atoms with Gasteiger partial charge in [-0.05, 0) is 32.5 Å². The number of rotatable bonds is 3. The van der Waals surface area contributed by atoms with Gasteiger partial charge in [0.25, 0.3) is 0 Å². The Hall–Kier alpha value is -1.05. The van der Waals surface area contributed by atoms with Gasteiger partial charge in [0.05, 0.1) is 6.54 Å². The second kappa shape index (κ2) is 5.71. The molecule has 0 aromatic rings. The molecule has 0 heterocycles. The van der Waals surface area contributed by atoms with E-state index >= 15 is 0 Å². The summed E-state index contributed by atoms with van der Waals surface area (Å²) >= 11 is 0. The lowest BCUT2D eigenvalue weighted by Gasteiger charge is -1.88. The maximum atomic E-state index is 5.25. The SMILES string of the molecule is CC(C)=CCN=C/C(C)=C\N. The summed E-state index contributed by atoms with van der Waals surface area (Å²) in [6.07, 6.45) is 5.39. The summed E-state index contributed by atoms with van der Waals surface area (Å²) in [4.78, 5) is 4.13. The van der Waals surface area contributed by atoms with Crippen LogP contribution in [0.2, 0.25) is 0 Å². The Bertz CT molecular complexity index is 184. The van der Waals surface area contributed by atoms with Crippen LogP contribution < -0.4 is 5.73 Å². The highest BCUT2D eigenvalue weighted by molar-refractivity contribution is 5.77. The minimum absolute atomic E-state index is 0.744. The Kier molecular flexibility index (Phi) is 5.17. The highest BCUT2D eigenvalue weighted by Crippen LogP contribution is 1.88. The molecular weight excluding hydrogens is 136 g/mol. The largest absolute Gasteiger partial charge is 0.404 e. The Balaban J connectivity index is 3.71. The summed E-state index contributed by atoms with van der Waals surface area (Å²) in [5, 5.41) is 0.